The number of anilines is 1. The Balaban J connectivity index is 1.88. The van der Waals surface area contributed by atoms with Crippen molar-refractivity contribution in [3.8, 4) is 0 Å². The molecule has 2 N–H and O–H groups in total. The number of hydrogen-bond acceptors (Lipinski definition) is 5. The van der Waals surface area contributed by atoms with Crippen LogP contribution < -0.4 is 10.6 Å². The van der Waals surface area contributed by atoms with Crippen LogP contribution in [0.4, 0.5) is 5.00 Å². The van der Waals surface area contributed by atoms with E-state index in [4.69, 9.17) is 4.74 Å². The van der Waals surface area contributed by atoms with E-state index in [-0.39, 0.29) is 17.9 Å². The fourth-order valence-corrected chi connectivity index (χ4v) is 4.36. The van der Waals surface area contributed by atoms with Gasteiger partial charge in [0.15, 0.2) is 0 Å². The number of carbonyl (C=O) groups is 2. The normalized spacial score (nSPS) is 20.9. The molecule has 0 aromatic carbocycles. The molecule has 21 heavy (non-hydrogen) atoms. The van der Waals surface area contributed by atoms with Crippen LogP contribution in [0, 0.1) is 0 Å². The quantitative estimate of drug-likeness (QED) is 0.839. The van der Waals surface area contributed by atoms with Gasteiger partial charge in [-0.25, -0.2) is 4.79 Å². The van der Waals surface area contributed by atoms with Gasteiger partial charge < -0.3 is 15.4 Å². The van der Waals surface area contributed by atoms with Gasteiger partial charge in [0.25, 0.3) is 0 Å². The van der Waals surface area contributed by atoms with E-state index in [0.29, 0.717) is 10.6 Å². The molecule has 1 amide bonds. The molecular formula is C15H20N2O3S. The van der Waals surface area contributed by atoms with Gasteiger partial charge in [-0.3, -0.25) is 4.79 Å². The topological polar surface area (TPSA) is 67.4 Å². The second-order valence-electron chi connectivity index (χ2n) is 5.54. The summed E-state index contributed by atoms with van der Waals surface area (Å²) in [5.41, 5.74) is 1.65. The predicted molar refractivity (Wildman–Crippen MR) is 82.0 cm³/mol. The first-order chi connectivity index (χ1) is 10.2. The van der Waals surface area contributed by atoms with Crippen LogP contribution in [0.3, 0.4) is 0 Å². The molecule has 1 fully saturated rings. The molecule has 1 aromatic rings. The average molecular weight is 308 g/mol. The minimum Gasteiger partial charge on any atom is -0.465 e. The first kappa shape index (κ1) is 14.5. The first-order valence-corrected chi connectivity index (χ1v) is 8.29. The maximum Gasteiger partial charge on any atom is 0.341 e. The van der Waals surface area contributed by atoms with Crippen LogP contribution in [0.15, 0.2) is 0 Å². The summed E-state index contributed by atoms with van der Waals surface area (Å²) in [4.78, 5) is 25.6. The van der Waals surface area contributed by atoms with Crippen LogP contribution in [0.5, 0.6) is 0 Å². The number of ether oxygens (including phenoxy) is 1. The molecule has 1 atom stereocenters. The van der Waals surface area contributed by atoms with E-state index in [1.807, 2.05) is 0 Å². The molecule has 1 aliphatic heterocycles. The monoisotopic (exact) mass is 308 g/mol. The number of nitrogens with one attached hydrogen (secondary N) is 2. The van der Waals surface area contributed by atoms with Crippen molar-refractivity contribution in [3.05, 3.63) is 16.0 Å². The fraction of sp³-hybridized carbons (Fsp3) is 0.600. The number of fused-ring (bicyclic) bond motifs is 1. The fourth-order valence-electron chi connectivity index (χ4n) is 3.08. The van der Waals surface area contributed by atoms with Gasteiger partial charge in [-0.1, -0.05) is 0 Å². The minimum atomic E-state index is -0.343. The molecule has 0 radical (unpaired) electrons. The molecule has 2 heterocycles. The lowest BCUT2D eigenvalue weighted by Crippen LogP contribution is -2.35. The van der Waals surface area contributed by atoms with Crippen molar-refractivity contribution in [1.29, 1.82) is 0 Å². The number of amides is 1. The Labute approximate surface area is 128 Å². The third-order valence-electron chi connectivity index (χ3n) is 4.17. The predicted octanol–water partition coefficient (Wildman–Crippen LogP) is 2.10. The van der Waals surface area contributed by atoms with Crippen LogP contribution in [0.1, 0.15) is 46.5 Å². The van der Waals surface area contributed by atoms with Crippen molar-refractivity contribution < 1.29 is 14.3 Å². The lowest BCUT2D eigenvalue weighted by molar-refractivity contribution is -0.117. The Hall–Kier alpha value is -1.40. The lowest BCUT2D eigenvalue weighted by Gasteiger charge is -2.12. The largest absolute Gasteiger partial charge is 0.465 e. The summed E-state index contributed by atoms with van der Waals surface area (Å²) in [7, 11) is 1.39. The standard InChI is InChI=1S/C15H20N2O3S/c1-20-15(19)12-9-5-2-3-7-11(9)21-14(12)17-13(18)10-6-4-8-16-10/h10,16H,2-8H2,1H3,(H,17,18)/t10-/m1/s1. The van der Waals surface area contributed by atoms with Gasteiger partial charge in [-0.2, -0.15) is 0 Å². The van der Waals surface area contributed by atoms with Crippen LogP contribution in [-0.2, 0) is 22.4 Å². The summed E-state index contributed by atoms with van der Waals surface area (Å²) < 4.78 is 4.91. The highest BCUT2D eigenvalue weighted by Crippen LogP contribution is 2.38. The third kappa shape index (κ3) is 2.82. The van der Waals surface area contributed by atoms with Gasteiger partial charge in [0.05, 0.1) is 18.7 Å². The smallest absolute Gasteiger partial charge is 0.341 e. The van der Waals surface area contributed by atoms with Gasteiger partial charge in [0, 0.05) is 4.88 Å². The lowest BCUT2D eigenvalue weighted by atomic mass is 9.95. The highest BCUT2D eigenvalue weighted by molar-refractivity contribution is 7.17. The highest BCUT2D eigenvalue weighted by Gasteiger charge is 2.29. The summed E-state index contributed by atoms with van der Waals surface area (Å²) in [6, 6.07) is -0.144. The van der Waals surface area contributed by atoms with Crippen molar-refractivity contribution in [3.63, 3.8) is 0 Å². The summed E-state index contributed by atoms with van der Waals surface area (Å²) >= 11 is 1.53. The van der Waals surface area contributed by atoms with E-state index >= 15 is 0 Å². The number of esters is 1. The van der Waals surface area contributed by atoms with Gasteiger partial charge in [-0.15, -0.1) is 11.3 Å². The van der Waals surface area contributed by atoms with Crippen LogP contribution in [-0.4, -0.2) is 31.6 Å². The molecule has 114 valence electrons. The van der Waals surface area contributed by atoms with Crippen molar-refractivity contribution in [1.82, 2.24) is 5.32 Å². The molecule has 0 spiro atoms. The van der Waals surface area contributed by atoms with Gasteiger partial charge >= 0.3 is 5.97 Å². The molecule has 5 nitrogen and oxygen atoms in total. The zero-order chi connectivity index (χ0) is 14.8. The second kappa shape index (κ2) is 6.15. The zero-order valence-electron chi connectivity index (χ0n) is 12.2. The van der Waals surface area contributed by atoms with Crippen molar-refractivity contribution >= 4 is 28.2 Å². The van der Waals surface area contributed by atoms with Gasteiger partial charge in [0.1, 0.15) is 5.00 Å². The van der Waals surface area contributed by atoms with E-state index in [2.05, 4.69) is 10.6 Å². The summed E-state index contributed by atoms with van der Waals surface area (Å²) in [5.74, 6) is -0.389. The van der Waals surface area contributed by atoms with Gasteiger partial charge in [0.2, 0.25) is 5.91 Å². The van der Waals surface area contributed by atoms with Gasteiger partial charge in [-0.05, 0) is 50.6 Å². The Bertz CT molecular complexity index is 562. The molecule has 6 heteroatoms. The maximum atomic E-state index is 12.3. The second-order valence-corrected chi connectivity index (χ2v) is 6.65. The van der Waals surface area contributed by atoms with E-state index in [1.54, 1.807) is 0 Å². The molecule has 1 aromatic heterocycles. The number of methoxy groups -OCH3 is 1. The number of thiophene rings is 1. The Morgan fingerprint density at radius 1 is 1.29 bits per heavy atom. The minimum absolute atomic E-state index is 0.0451. The number of aryl methyl sites for hydroxylation is 1. The Morgan fingerprint density at radius 2 is 2.10 bits per heavy atom. The van der Waals surface area contributed by atoms with E-state index < -0.39 is 0 Å². The number of hydrogen-bond donors (Lipinski definition) is 2. The number of rotatable bonds is 3. The van der Waals surface area contributed by atoms with Crippen molar-refractivity contribution in [2.24, 2.45) is 0 Å². The molecule has 1 saturated heterocycles. The summed E-state index contributed by atoms with van der Waals surface area (Å²) in [6.07, 6.45) is 5.99. The molecule has 0 saturated carbocycles. The number of carbonyl (C=O) groups excluding carboxylic acids is 2. The van der Waals surface area contributed by atoms with E-state index in [9.17, 15) is 9.59 Å². The molecule has 0 bridgehead atoms. The molecule has 1 aliphatic carbocycles. The summed E-state index contributed by atoms with van der Waals surface area (Å²) in [6.45, 7) is 0.878. The maximum absolute atomic E-state index is 12.3. The SMILES string of the molecule is COC(=O)c1c(NC(=O)[C@H]2CCCN2)sc2c1CCCC2. The third-order valence-corrected chi connectivity index (χ3v) is 5.38. The molecule has 0 unspecified atom stereocenters. The van der Waals surface area contributed by atoms with E-state index in [0.717, 1.165) is 50.6 Å². The Kier molecular flexibility index (Phi) is 4.26. The highest BCUT2D eigenvalue weighted by atomic mass is 32.1. The van der Waals surface area contributed by atoms with Crippen molar-refractivity contribution in [2.45, 2.75) is 44.6 Å². The molecule has 3 rings (SSSR count). The molecular weight excluding hydrogens is 288 g/mol. The summed E-state index contributed by atoms with van der Waals surface area (Å²) in [5, 5.41) is 6.78. The van der Waals surface area contributed by atoms with Crippen LogP contribution in [0.2, 0.25) is 0 Å². The van der Waals surface area contributed by atoms with Crippen LogP contribution in [0.25, 0.3) is 0 Å². The average Bonchev–Trinajstić information content (AvgIpc) is 3.13. The van der Waals surface area contributed by atoms with Crippen LogP contribution >= 0.6 is 11.3 Å². The van der Waals surface area contributed by atoms with Crippen molar-refractivity contribution in [2.75, 3.05) is 19.0 Å². The molecule has 2 aliphatic rings. The first-order valence-electron chi connectivity index (χ1n) is 7.48. The zero-order valence-corrected chi connectivity index (χ0v) is 13.0. The Morgan fingerprint density at radius 3 is 2.81 bits per heavy atom. The van der Waals surface area contributed by atoms with E-state index in [1.165, 1.54) is 23.3 Å².